The zero-order valence-electron chi connectivity index (χ0n) is 10.3. The Bertz CT molecular complexity index is 378. The van der Waals surface area contributed by atoms with Crippen molar-refractivity contribution in [3.63, 3.8) is 0 Å². The van der Waals surface area contributed by atoms with E-state index in [0.29, 0.717) is 5.75 Å². The minimum Gasteiger partial charge on any atom is -0.489 e. The molecule has 0 aliphatic heterocycles. The topological polar surface area (TPSA) is 71.5 Å². The summed E-state index contributed by atoms with van der Waals surface area (Å²) in [4.78, 5) is 15.8. The van der Waals surface area contributed by atoms with E-state index in [1.165, 1.54) is 6.20 Å². The van der Waals surface area contributed by atoms with Crippen LogP contribution in [-0.4, -0.2) is 34.8 Å². The third-order valence-electron chi connectivity index (χ3n) is 1.91. The zero-order chi connectivity index (χ0) is 12.8. The molecule has 2 N–H and O–H groups in total. The van der Waals surface area contributed by atoms with Crippen LogP contribution in [0.1, 0.15) is 31.3 Å². The molecule has 0 spiro atoms. The number of hydrogen-bond donors (Lipinski definition) is 2. The number of nitrogens with one attached hydrogen (secondary N) is 1. The lowest BCUT2D eigenvalue weighted by Crippen LogP contribution is -2.31. The van der Waals surface area contributed by atoms with E-state index < -0.39 is 6.10 Å². The van der Waals surface area contributed by atoms with E-state index in [2.05, 4.69) is 10.3 Å². The van der Waals surface area contributed by atoms with E-state index in [-0.39, 0.29) is 24.2 Å². The Morgan fingerprint density at radius 2 is 2.24 bits per heavy atom. The quantitative estimate of drug-likeness (QED) is 0.802. The van der Waals surface area contributed by atoms with E-state index in [0.717, 1.165) is 0 Å². The lowest BCUT2D eigenvalue weighted by molar-refractivity contribution is 0.0912. The first-order valence-electron chi connectivity index (χ1n) is 5.58. The number of aliphatic hydroxyl groups excluding tert-OH is 1. The Labute approximate surface area is 101 Å². The molecule has 5 nitrogen and oxygen atoms in total. The maximum Gasteiger partial charge on any atom is 0.273 e. The first-order valence-corrected chi connectivity index (χ1v) is 5.58. The summed E-state index contributed by atoms with van der Waals surface area (Å²) in [6.07, 6.45) is 0.921. The number of hydrogen-bond acceptors (Lipinski definition) is 4. The van der Waals surface area contributed by atoms with Crippen molar-refractivity contribution in [2.45, 2.75) is 33.0 Å². The lowest BCUT2D eigenvalue weighted by Gasteiger charge is -2.13. The second-order valence-corrected chi connectivity index (χ2v) is 4.08. The van der Waals surface area contributed by atoms with Crippen molar-refractivity contribution >= 4 is 5.91 Å². The maximum atomic E-state index is 11.8. The van der Waals surface area contributed by atoms with Crippen LogP contribution in [0.3, 0.4) is 0 Å². The van der Waals surface area contributed by atoms with Crippen molar-refractivity contribution in [2.24, 2.45) is 0 Å². The van der Waals surface area contributed by atoms with Gasteiger partial charge in [-0.3, -0.25) is 4.79 Å². The highest BCUT2D eigenvalue weighted by molar-refractivity contribution is 5.94. The Hall–Kier alpha value is -1.62. The highest BCUT2D eigenvalue weighted by Crippen LogP contribution is 2.16. The van der Waals surface area contributed by atoms with E-state index in [1.807, 2.05) is 13.8 Å². The molecule has 0 aromatic carbocycles. The first kappa shape index (κ1) is 13.4. The first-order chi connectivity index (χ1) is 8.00. The molecule has 1 atom stereocenters. The average Bonchev–Trinajstić information content (AvgIpc) is 2.25. The number of aromatic nitrogens is 1. The maximum absolute atomic E-state index is 11.8. The molecular weight excluding hydrogens is 220 g/mol. The van der Waals surface area contributed by atoms with Gasteiger partial charge in [-0.1, -0.05) is 0 Å². The molecule has 1 rings (SSSR count). The SMILES string of the molecule is CC(O)CNC(=O)c1ncccc1OC(C)C. The number of aliphatic hydroxyl groups is 1. The van der Waals surface area contributed by atoms with Crippen LogP contribution >= 0.6 is 0 Å². The number of ether oxygens (including phenoxy) is 1. The predicted octanol–water partition coefficient (Wildman–Crippen LogP) is 0.979. The highest BCUT2D eigenvalue weighted by Gasteiger charge is 2.14. The summed E-state index contributed by atoms with van der Waals surface area (Å²) < 4.78 is 5.49. The van der Waals surface area contributed by atoms with Crippen LogP contribution in [0.25, 0.3) is 0 Å². The molecule has 17 heavy (non-hydrogen) atoms. The zero-order valence-corrected chi connectivity index (χ0v) is 10.3. The van der Waals surface area contributed by atoms with E-state index in [1.54, 1.807) is 19.1 Å². The Morgan fingerprint density at radius 3 is 2.82 bits per heavy atom. The van der Waals surface area contributed by atoms with Crippen LogP contribution in [0, 0.1) is 0 Å². The molecule has 0 radical (unpaired) electrons. The normalized spacial score (nSPS) is 12.3. The molecule has 1 aromatic heterocycles. The molecule has 1 heterocycles. The number of carbonyl (C=O) groups excluding carboxylic acids is 1. The number of rotatable bonds is 5. The van der Waals surface area contributed by atoms with Gasteiger partial charge in [0, 0.05) is 12.7 Å². The third-order valence-corrected chi connectivity index (χ3v) is 1.91. The minimum absolute atomic E-state index is 0.0254. The van der Waals surface area contributed by atoms with Gasteiger partial charge in [-0.15, -0.1) is 0 Å². The summed E-state index contributed by atoms with van der Waals surface area (Å²) in [6.45, 7) is 5.55. The van der Waals surface area contributed by atoms with Crippen LogP contribution in [0.2, 0.25) is 0 Å². The van der Waals surface area contributed by atoms with Crippen LogP contribution in [0.15, 0.2) is 18.3 Å². The summed E-state index contributed by atoms with van der Waals surface area (Å²) in [5.41, 5.74) is 0.238. The molecule has 0 saturated heterocycles. The summed E-state index contributed by atoms with van der Waals surface area (Å²) in [7, 11) is 0. The van der Waals surface area contributed by atoms with Gasteiger partial charge >= 0.3 is 0 Å². The molecule has 0 saturated carbocycles. The van der Waals surface area contributed by atoms with Crippen LogP contribution < -0.4 is 10.1 Å². The van der Waals surface area contributed by atoms with Crippen molar-refractivity contribution in [3.05, 3.63) is 24.0 Å². The second-order valence-electron chi connectivity index (χ2n) is 4.08. The fraction of sp³-hybridized carbons (Fsp3) is 0.500. The Balaban J connectivity index is 2.78. The van der Waals surface area contributed by atoms with Gasteiger partial charge in [0.05, 0.1) is 12.2 Å². The van der Waals surface area contributed by atoms with Gasteiger partial charge in [-0.05, 0) is 32.9 Å². The molecule has 0 bridgehead atoms. The standard InChI is InChI=1S/C12H18N2O3/c1-8(2)17-10-5-4-6-13-11(10)12(16)14-7-9(3)15/h4-6,8-9,15H,7H2,1-3H3,(H,14,16). The largest absolute Gasteiger partial charge is 0.489 e. The number of nitrogens with zero attached hydrogens (tertiary/aromatic N) is 1. The second kappa shape index (κ2) is 6.20. The monoisotopic (exact) mass is 238 g/mol. The van der Waals surface area contributed by atoms with E-state index >= 15 is 0 Å². The van der Waals surface area contributed by atoms with Crippen LogP contribution in [-0.2, 0) is 0 Å². The number of pyridine rings is 1. The summed E-state index contributed by atoms with van der Waals surface area (Å²) in [5.74, 6) is 0.104. The van der Waals surface area contributed by atoms with Crippen molar-refractivity contribution < 1.29 is 14.6 Å². The summed E-state index contributed by atoms with van der Waals surface area (Å²) in [5, 5.41) is 11.7. The summed E-state index contributed by atoms with van der Waals surface area (Å²) in [6, 6.07) is 3.41. The Morgan fingerprint density at radius 1 is 1.53 bits per heavy atom. The molecule has 1 unspecified atom stereocenters. The molecule has 0 aliphatic rings. The minimum atomic E-state index is -0.586. The molecule has 0 aliphatic carbocycles. The van der Waals surface area contributed by atoms with Gasteiger partial charge in [-0.25, -0.2) is 4.98 Å². The van der Waals surface area contributed by atoms with E-state index in [4.69, 9.17) is 9.84 Å². The van der Waals surface area contributed by atoms with Gasteiger partial charge in [0.25, 0.3) is 5.91 Å². The number of amides is 1. The van der Waals surface area contributed by atoms with Gasteiger partial charge in [0.15, 0.2) is 11.4 Å². The molecule has 5 heteroatoms. The lowest BCUT2D eigenvalue weighted by atomic mass is 10.3. The van der Waals surface area contributed by atoms with Gasteiger partial charge < -0.3 is 15.2 Å². The molecular formula is C12H18N2O3. The van der Waals surface area contributed by atoms with Gasteiger partial charge in [0.1, 0.15) is 0 Å². The van der Waals surface area contributed by atoms with Gasteiger partial charge in [0.2, 0.25) is 0 Å². The third kappa shape index (κ3) is 4.40. The average molecular weight is 238 g/mol. The molecule has 0 fully saturated rings. The van der Waals surface area contributed by atoms with Crippen molar-refractivity contribution in [3.8, 4) is 5.75 Å². The Kier molecular flexibility index (Phi) is 4.90. The van der Waals surface area contributed by atoms with Crippen molar-refractivity contribution in [1.29, 1.82) is 0 Å². The number of carbonyl (C=O) groups is 1. The van der Waals surface area contributed by atoms with Crippen LogP contribution in [0.4, 0.5) is 0 Å². The fourth-order valence-corrected chi connectivity index (χ4v) is 1.23. The van der Waals surface area contributed by atoms with E-state index in [9.17, 15) is 4.79 Å². The predicted molar refractivity (Wildman–Crippen MR) is 64.0 cm³/mol. The molecule has 94 valence electrons. The summed E-state index contributed by atoms with van der Waals surface area (Å²) >= 11 is 0. The molecule has 1 aromatic rings. The fourth-order valence-electron chi connectivity index (χ4n) is 1.23. The highest BCUT2D eigenvalue weighted by atomic mass is 16.5. The van der Waals surface area contributed by atoms with Gasteiger partial charge in [-0.2, -0.15) is 0 Å². The smallest absolute Gasteiger partial charge is 0.273 e. The van der Waals surface area contributed by atoms with Crippen LogP contribution in [0.5, 0.6) is 5.75 Å². The van der Waals surface area contributed by atoms with Crippen molar-refractivity contribution in [2.75, 3.05) is 6.54 Å². The van der Waals surface area contributed by atoms with Crippen molar-refractivity contribution in [1.82, 2.24) is 10.3 Å². The molecule has 1 amide bonds.